The first-order chi connectivity index (χ1) is 9.61. The van der Waals surface area contributed by atoms with Crippen molar-refractivity contribution in [3.63, 3.8) is 0 Å². The Morgan fingerprint density at radius 3 is 2.70 bits per heavy atom. The number of benzene rings is 2. The van der Waals surface area contributed by atoms with Crippen LogP contribution in [0.3, 0.4) is 0 Å². The number of nitrogens with zero attached hydrogens (tertiary/aromatic N) is 1. The molecule has 5 nitrogen and oxygen atoms in total. The number of thioether (sulfide) groups is 1. The minimum absolute atomic E-state index is 0.0735. The van der Waals surface area contributed by atoms with E-state index in [0.29, 0.717) is 11.4 Å². The second kappa shape index (κ2) is 6.40. The number of nitro benzene ring substituents is 1. The molecule has 0 aromatic heterocycles. The van der Waals surface area contributed by atoms with Crippen molar-refractivity contribution < 1.29 is 4.92 Å². The molecule has 0 atom stereocenters. The highest BCUT2D eigenvalue weighted by Crippen LogP contribution is 2.30. The molecule has 0 aliphatic heterocycles. The van der Waals surface area contributed by atoms with Crippen LogP contribution in [0.4, 0.5) is 11.4 Å². The zero-order chi connectivity index (χ0) is 14.5. The van der Waals surface area contributed by atoms with E-state index < -0.39 is 4.92 Å². The number of hydrogen-bond donors (Lipinski definition) is 2. The van der Waals surface area contributed by atoms with Gasteiger partial charge in [-0.25, -0.2) is 0 Å². The first-order valence-corrected chi connectivity index (χ1v) is 7.02. The molecule has 3 N–H and O–H groups in total. The van der Waals surface area contributed by atoms with Crippen molar-refractivity contribution in [2.75, 3.05) is 5.43 Å². The highest BCUT2D eigenvalue weighted by atomic mass is 32.2. The Bertz CT molecular complexity index is 632. The van der Waals surface area contributed by atoms with Gasteiger partial charge >= 0.3 is 0 Å². The van der Waals surface area contributed by atoms with Crippen molar-refractivity contribution in [2.45, 2.75) is 17.6 Å². The van der Waals surface area contributed by atoms with E-state index in [4.69, 9.17) is 5.84 Å². The summed E-state index contributed by atoms with van der Waals surface area (Å²) >= 11 is 1.63. The zero-order valence-electron chi connectivity index (χ0n) is 11.0. The van der Waals surface area contributed by atoms with E-state index in [9.17, 15) is 10.1 Å². The molecule has 0 radical (unpaired) electrons. The molecule has 0 unspecified atom stereocenters. The highest BCUT2D eigenvalue weighted by molar-refractivity contribution is 7.98. The molecule has 0 bridgehead atoms. The molecule has 0 aliphatic rings. The third kappa shape index (κ3) is 3.28. The minimum Gasteiger partial charge on any atom is -0.324 e. The molecule has 104 valence electrons. The molecule has 0 spiro atoms. The van der Waals surface area contributed by atoms with E-state index in [2.05, 4.69) is 5.43 Å². The first kappa shape index (κ1) is 14.4. The average Bonchev–Trinajstić information content (AvgIpc) is 2.46. The Morgan fingerprint density at radius 1 is 1.30 bits per heavy atom. The van der Waals surface area contributed by atoms with Crippen molar-refractivity contribution in [1.29, 1.82) is 0 Å². The van der Waals surface area contributed by atoms with Crippen LogP contribution in [0, 0.1) is 17.0 Å². The lowest BCUT2D eigenvalue weighted by Gasteiger charge is -2.09. The second-order valence-electron chi connectivity index (χ2n) is 4.30. The molecule has 0 fully saturated rings. The average molecular weight is 289 g/mol. The lowest BCUT2D eigenvalue weighted by molar-refractivity contribution is -0.384. The molecule has 0 saturated heterocycles. The normalized spacial score (nSPS) is 10.3. The SMILES string of the molecule is Cc1ccccc1SCc1cc([N+](=O)[O-])ccc1NN. The molecular weight excluding hydrogens is 274 g/mol. The first-order valence-electron chi connectivity index (χ1n) is 6.04. The van der Waals surface area contributed by atoms with E-state index in [1.54, 1.807) is 23.9 Å². The minimum atomic E-state index is -0.401. The standard InChI is InChI=1S/C14H15N3O2S/c1-10-4-2-3-5-14(10)20-9-11-8-12(17(18)19)6-7-13(11)16-15/h2-8,16H,9,15H2,1H3. The van der Waals surface area contributed by atoms with Gasteiger partial charge in [0.25, 0.3) is 5.69 Å². The van der Waals surface area contributed by atoms with Gasteiger partial charge in [-0.3, -0.25) is 16.0 Å². The quantitative estimate of drug-likeness (QED) is 0.381. The van der Waals surface area contributed by atoms with Crippen LogP contribution in [-0.4, -0.2) is 4.92 Å². The maximum Gasteiger partial charge on any atom is 0.269 e. The lowest BCUT2D eigenvalue weighted by atomic mass is 10.2. The molecule has 2 aromatic carbocycles. The number of aryl methyl sites for hydroxylation is 1. The van der Waals surface area contributed by atoms with Crippen LogP contribution in [0.25, 0.3) is 0 Å². The van der Waals surface area contributed by atoms with Gasteiger partial charge in [0.15, 0.2) is 0 Å². The highest BCUT2D eigenvalue weighted by Gasteiger charge is 2.11. The summed E-state index contributed by atoms with van der Waals surface area (Å²) in [6.45, 7) is 2.04. The maximum absolute atomic E-state index is 10.8. The van der Waals surface area contributed by atoms with Crippen LogP contribution in [0.5, 0.6) is 0 Å². The summed E-state index contributed by atoms with van der Waals surface area (Å²) in [7, 11) is 0. The number of hydrogen-bond acceptors (Lipinski definition) is 5. The predicted octanol–water partition coefficient (Wildman–Crippen LogP) is 3.48. The lowest BCUT2D eigenvalue weighted by Crippen LogP contribution is -2.09. The molecule has 2 aromatic rings. The van der Waals surface area contributed by atoms with E-state index in [-0.39, 0.29) is 5.69 Å². The number of non-ortho nitro benzene ring substituents is 1. The molecule has 0 amide bonds. The van der Waals surface area contributed by atoms with Crippen LogP contribution in [0.15, 0.2) is 47.4 Å². The molecule has 20 heavy (non-hydrogen) atoms. The van der Waals surface area contributed by atoms with Gasteiger partial charge < -0.3 is 5.43 Å². The van der Waals surface area contributed by atoms with Gasteiger partial charge in [-0.2, -0.15) is 0 Å². The van der Waals surface area contributed by atoms with Crippen molar-refractivity contribution in [2.24, 2.45) is 5.84 Å². The maximum atomic E-state index is 10.8. The van der Waals surface area contributed by atoms with Crippen LogP contribution in [-0.2, 0) is 5.75 Å². The van der Waals surface area contributed by atoms with Crippen molar-refractivity contribution in [3.05, 3.63) is 63.7 Å². The molecule has 0 saturated carbocycles. The topological polar surface area (TPSA) is 81.2 Å². The van der Waals surface area contributed by atoms with Gasteiger partial charge in [0, 0.05) is 22.8 Å². The zero-order valence-corrected chi connectivity index (χ0v) is 11.8. The summed E-state index contributed by atoms with van der Waals surface area (Å²) < 4.78 is 0. The second-order valence-corrected chi connectivity index (χ2v) is 5.31. The van der Waals surface area contributed by atoms with Crippen molar-refractivity contribution >= 4 is 23.1 Å². The molecule has 6 heteroatoms. The fraction of sp³-hybridized carbons (Fsp3) is 0.143. The van der Waals surface area contributed by atoms with Crippen molar-refractivity contribution in [1.82, 2.24) is 0 Å². The number of nitrogen functional groups attached to an aromatic ring is 1. The molecule has 0 heterocycles. The molecule has 0 aliphatic carbocycles. The number of nitrogens with one attached hydrogen (secondary N) is 1. The number of nitro groups is 1. The number of nitrogens with two attached hydrogens (primary N) is 1. The number of anilines is 1. The number of rotatable bonds is 5. The van der Waals surface area contributed by atoms with Crippen LogP contribution in [0.1, 0.15) is 11.1 Å². The Labute approximate surface area is 121 Å². The van der Waals surface area contributed by atoms with Crippen LogP contribution >= 0.6 is 11.8 Å². The van der Waals surface area contributed by atoms with Crippen LogP contribution < -0.4 is 11.3 Å². The Hall–Kier alpha value is -2.05. The van der Waals surface area contributed by atoms with E-state index in [0.717, 1.165) is 10.5 Å². The van der Waals surface area contributed by atoms with Gasteiger partial charge in [-0.1, -0.05) is 18.2 Å². The molecular formula is C14H15N3O2S. The summed E-state index contributed by atoms with van der Waals surface area (Å²) in [5.41, 5.74) is 5.36. The van der Waals surface area contributed by atoms with Gasteiger partial charge in [0.1, 0.15) is 0 Å². The van der Waals surface area contributed by atoms with Gasteiger partial charge in [-0.15, -0.1) is 11.8 Å². The fourth-order valence-corrected chi connectivity index (χ4v) is 2.85. The van der Waals surface area contributed by atoms with E-state index >= 15 is 0 Å². The van der Waals surface area contributed by atoms with Gasteiger partial charge in [0.05, 0.1) is 10.6 Å². The molecule has 2 rings (SSSR count). The fourth-order valence-electron chi connectivity index (χ4n) is 1.83. The van der Waals surface area contributed by atoms with Crippen molar-refractivity contribution in [3.8, 4) is 0 Å². The summed E-state index contributed by atoms with van der Waals surface area (Å²) in [4.78, 5) is 11.6. The third-order valence-electron chi connectivity index (χ3n) is 2.93. The summed E-state index contributed by atoms with van der Waals surface area (Å²) in [5.74, 6) is 6.06. The summed E-state index contributed by atoms with van der Waals surface area (Å²) in [6.07, 6.45) is 0. The predicted molar refractivity (Wildman–Crippen MR) is 81.6 cm³/mol. The van der Waals surface area contributed by atoms with Gasteiger partial charge in [-0.05, 0) is 30.2 Å². The van der Waals surface area contributed by atoms with E-state index in [1.165, 1.54) is 11.6 Å². The Kier molecular flexibility index (Phi) is 4.60. The smallest absolute Gasteiger partial charge is 0.269 e. The third-order valence-corrected chi connectivity index (χ3v) is 4.16. The summed E-state index contributed by atoms with van der Waals surface area (Å²) in [5, 5.41) is 10.8. The summed E-state index contributed by atoms with van der Waals surface area (Å²) in [6, 6.07) is 12.7. The van der Waals surface area contributed by atoms with Gasteiger partial charge in [0.2, 0.25) is 0 Å². The van der Waals surface area contributed by atoms with Crippen LogP contribution in [0.2, 0.25) is 0 Å². The Morgan fingerprint density at radius 2 is 2.05 bits per heavy atom. The monoisotopic (exact) mass is 289 g/mol. The van der Waals surface area contributed by atoms with E-state index in [1.807, 2.05) is 31.2 Å². The number of hydrazine groups is 1. The Balaban J connectivity index is 2.22. The largest absolute Gasteiger partial charge is 0.324 e.